The monoisotopic (exact) mass is 366 g/mol. The Morgan fingerprint density at radius 2 is 2.04 bits per heavy atom. The van der Waals surface area contributed by atoms with Gasteiger partial charge in [0.15, 0.2) is 11.4 Å². The van der Waals surface area contributed by atoms with Crippen LogP contribution in [0.15, 0.2) is 24.3 Å². The number of hydrogen-bond acceptors (Lipinski definition) is 7. The van der Waals surface area contributed by atoms with Crippen molar-refractivity contribution in [2.75, 3.05) is 0 Å². The fraction of sp³-hybridized carbons (Fsp3) is 0.632. The molecule has 0 amide bonds. The van der Waals surface area contributed by atoms with Gasteiger partial charge in [-0.05, 0) is 25.3 Å². The number of aliphatic hydroxyl groups excluding tert-OH is 1. The molecule has 6 unspecified atom stereocenters. The maximum Gasteiger partial charge on any atom is 0.334 e. The van der Waals surface area contributed by atoms with Crippen LogP contribution >= 0.6 is 0 Å². The van der Waals surface area contributed by atoms with Crippen LogP contribution in [0.5, 0.6) is 0 Å². The number of esters is 2. The number of allylic oxidation sites excluding steroid dienone is 1. The Morgan fingerprint density at radius 3 is 2.62 bits per heavy atom. The maximum absolute atomic E-state index is 12.4. The van der Waals surface area contributed by atoms with Crippen molar-refractivity contribution in [2.24, 2.45) is 17.8 Å². The molecule has 0 saturated carbocycles. The van der Waals surface area contributed by atoms with Crippen molar-refractivity contribution >= 4 is 17.7 Å². The number of hydrogen-bond donors (Lipinski definition) is 2. The molecule has 1 aliphatic heterocycles. The Bertz CT molecular complexity index is 646. The van der Waals surface area contributed by atoms with Crippen LogP contribution in [-0.2, 0) is 23.9 Å². The van der Waals surface area contributed by atoms with Crippen LogP contribution in [-0.4, -0.2) is 51.8 Å². The van der Waals surface area contributed by atoms with E-state index in [1.54, 1.807) is 19.9 Å². The minimum atomic E-state index is -2.20. The van der Waals surface area contributed by atoms with E-state index in [2.05, 4.69) is 6.58 Å². The Hall–Kier alpha value is -1.99. The van der Waals surface area contributed by atoms with Crippen LogP contribution in [0, 0.1) is 17.8 Å². The number of rotatable bonds is 2. The number of fused-ring (bicyclic) bond motifs is 1. The summed E-state index contributed by atoms with van der Waals surface area (Å²) >= 11 is 0. The lowest BCUT2D eigenvalue weighted by molar-refractivity contribution is -0.183. The van der Waals surface area contributed by atoms with Gasteiger partial charge in [0.1, 0.15) is 18.3 Å². The Labute approximate surface area is 152 Å². The van der Waals surface area contributed by atoms with Crippen molar-refractivity contribution in [1.29, 1.82) is 0 Å². The molecule has 144 valence electrons. The van der Waals surface area contributed by atoms with E-state index in [-0.39, 0.29) is 11.5 Å². The number of aliphatic hydroxyl groups is 2. The molecule has 7 nitrogen and oxygen atoms in total. The fourth-order valence-electron chi connectivity index (χ4n) is 3.19. The van der Waals surface area contributed by atoms with E-state index in [9.17, 15) is 24.6 Å². The predicted octanol–water partition coefficient (Wildman–Crippen LogP) is 0.929. The smallest absolute Gasteiger partial charge is 0.334 e. The van der Waals surface area contributed by atoms with Gasteiger partial charge in [0.25, 0.3) is 0 Å². The van der Waals surface area contributed by atoms with Gasteiger partial charge in [-0.3, -0.25) is 9.59 Å². The zero-order valence-electron chi connectivity index (χ0n) is 15.5. The lowest BCUT2D eigenvalue weighted by atomic mass is 9.77. The van der Waals surface area contributed by atoms with E-state index in [0.29, 0.717) is 6.42 Å². The molecular weight excluding hydrogens is 340 g/mol. The van der Waals surface area contributed by atoms with E-state index in [1.807, 2.05) is 6.92 Å². The number of carbonyl (C=O) groups excluding carboxylic acids is 3. The second-order valence-electron chi connectivity index (χ2n) is 7.58. The lowest BCUT2D eigenvalue weighted by Gasteiger charge is -2.37. The molecule has 2 N–H and O–H groups in total. The minimum Gasteiger partial charge on any atom is -0.458 e. The lowest BCUT2D eigenvalue weighted by Crippen LogP contribution is -2.57. The zero-order valence-corrected chi connectivity index (χ0v) is 15.5. The molecule has 2 rings (SSSR count). The predicted molar refractivity (Wildman–Crippen MR) is 91.8 cm³/mol. The van der Waals surface area contributed by atoms with Crippen molar-refractivity contribution in [3.63, 3.8) is 0 Å². The third kappa shape index (κ3) is 3.73. The standard InChI is InChI=1S/C19H26O7/c1-9(2)17(22)26-15-14-11(4)18(23)25-12(14)8-10(3)6-7-13(20)19(5,24)16(15)21/h6-7,9-10,12,14-16,21,24H,4,8H2,1-3,5H3. The van der Waals surface area contributed by atoms with Crippen LogP contribution in [0.4, 0.5) is 0 Å². The summed E-state index contributed by atoms with van der Waals surface area (Å²) in [6.45, 7) is 9.93. The van der Waals surface area contributed by atoms with E-state index in [0.717, 1.165) is 6.92 Å². The molecular formula is C19H26O7. The summed E-state index contributed by atoms with van der Waals surface area (Å²) in [4.78, 5) is 36.6. The number of ether oxygens (including phenoxy) is 2. The maximum atomic E-state index is 12.4. The van der Waals surface area contributed by atoms with E-state index >= 15 is 0 Å². The highest BCUT2D eigenvalue weighted by Gasteiger charge is 2.53. The second-order valence-corrected chi connectivity index (χ2v) is 7.58. The van der Waals surface area contributed by atoms with Gasteiger partial charge in [-0.2, -0.15) is 0 Å². The molecule has 1 saturated heterocycles. The third-order valence-corrected chi connectivity index (χ3v) is 4.97. The van der Waals surface area contributed by atoms with Gasteiger partial charge in [-0.1, -0.05) is 33.4 Å². The molecule has 1 fully saturated rings. The van der Waals surface area contributed by atoms with Crippen LogP contribution < -0.4 is 0 Å². The first kappa shape index (κ1) is 20.3. The quantitative estimate of drug-likeness (QED) is 0.552. The molecule has 0 aromatic rings. The summed E-state index contributed by atoms with van der Waals surface area (Å²) in [6.07, 6.45) is -0.625. The van der Waals surface area contributed by atoms with Crippen molar-refractivity contribution in [3.05, 3.63) is 24.3 Å². The molecule has 0 spiro atoms. The molecule has 7 heteroatoms. The van der Waals surface area contributed by atoms with Crippen LogP contribution in [0.25, 0.3) is 0 Å². The third-order valence-electron chi connectivity index (χ3n) is 4.97. The average molecular weight is 366 g/mol. The summed E-state index contributed by atoms with van der Waals surface area (Å²) < 4.78 is 10.8. The number of carbonyl (C=O) groups is 3. The Balaban J connectivity index is 2.53. The van der Waals surface area contributed by atoms with Crippen molar-refractivity contribution < 1.29 is 34.1 Å². The van der Waals surface area contributed by atoms with Gasteiger partial charge >= 0.3 is 11.9 Å². The summed E-state index contributed by atoms with van der Waals surface area (Å²) in [5, 5.41) is 21.4. The highest BCUT2D eigenvalue weighted by molar-refractivity contribution is 5.97. The first-order valence-corrected chi connectivity index (χ1v) is 8.70. The average Bonchev–Trinajstić information content (AvgIpc) is 2.82. The summed E-state index contributed by atoms with van der Waals surface area (Å²) in [6, 6.07) is 0. The molecule has 1 heterocycles. The fourth-order valence-corrected chi connectivity index (χ4v) is 3.19. The van der Waals surface area contributed by atoms with Gasteiger partial charge in [-0.25, -0.2) is 4.79 Å². The van der Waals surface area contributed by atoms with E-state index in [4.69, 9.17) is 9.47 Å². The highest BCUT2D eigenvalue weighted by Crippen LogP contribution is 2.39. The van der Waals surface area contributed by atoms with Gasteiger partial charge in [0.2, 0.25) is 0 Å². The van der Waals surface area contributed by atoms with Crippen molar-refractivity contribution in [2.45, 2.75) is 58.0 Å². The van der Waals surface area contributed by atoms with Crippen molar-refractivity contribution in [3.8, 4) is 0 Å². The molecule has 0 aromatic heterocycles. The summed E-state index contributed by atoms with van der Waals surface area (Å²) in [7, 11) is 0. The topological polar surface area (TPSA) is 110 Å². The van der Waals surface area contributed by atoms with Crippen LogP contribution in [0.1, 0.15) is 34.1 Å². The highest BCUT2D eigenvalue weighted by atomic mass is 16.6. The summed E-state index contributed by atoms with van der Waals surface area (Å²) in [5.74, 6) is -3.47. The molecule has 0 bridgehead atoms. The van der Waals surface area contributed by atoms with Crippen molar-refractivity contribution in [1.82, 2.24) is 0 Å². The molecule has 1 aliphatic carbocycles. The van der Waals surface area contributed by atoms with Crippen LogP contribution in [0.3, 0.4) is 0 Å². The molecule has 0 aromatic carbocycles. The molecule has 26 heavy (non-hydrogen) atoms. The molecule has 6 atom stereocenters. The second kappa shape index (κ2) is 7.32. The summed E-state index contributed by atoms with van der Waals surface area (Å²) in [5.41, 5.74) is -2.15. The Morgan fingerprint density at radius 1 is 1.42 bits per heavy atom. The first-order chi connectivity index (χ1) is 12.0. The van der Waals surface area contributed by atoms with Gasteiger partial charge in [-0.15, -0.1) is 0 Å². The normalized spacial score (nSPS) is 38.1. The first-order valence-electron chi connectivity index (χ1n) is 8.70. The molecule has 0 radical (unpaired) electrons. The van der Waals surface area contributed by atoms with Gasteiger partial charge in [0, 0.05) is 5.57 Å². The minimum absolute atomic E-state index is 0.0515. The number of ketones is 1. The zero-order chi connectivity index (χ0) is 19.8. The van der Waals surface area contributed by atoms with Crippen LogP contribution in [0.2, 0.25) is 0 Å². The largest absolute Gasteiger partial charge is 0.458 e. The van der Waals surface area contributed by atoms with Gasteiger partial charge in [0.05, 0.1) is 11.8 Å². The van der Waals surface area contributed by atoms with E-state index in [1.165, 1.54) is 6.08 Å². The Kier molecular flexibility index (Phi) is 5.73. The molecule has 2 aliphatic rings. The van der Waals surface area contributed by atoms with E-state index < -0.39 is 53.5 Å². The van der Waals surface area contributed by atoms with Gasteiger partial charge < -0.3 is 19.7 Å². The SMILES string of the molecule is C=C1C(=O)OC2CC(C)C=CC(=O)C(C)(O)C(O)C(OC(=O)C(C)C)C12.